The molecule has 1 aromatic heterocycles. The van der Waals surface area contributed by atoms with E-state index in [9.17, 15) is 14.4 Å². The van der Waals surface area contributed by atoms with Gasteiger partial charge >= 0.3 is 12.1 Å². The quantitative estimate of drug-likeness (QED) is 0.609. The number of hydrogen-bond donors (Lipinski definition) is 1. The van der Waals surface area contributed by atoms with E-state index in [2.05, 4.69) is 4.74 Å². The molecule has 1 heterocycles. The molecule has 0 bridgehead atoms. The van der Waals surface area contributed by atoms with Gasteiger partial charge in [-0.25, -0.2) is 9.59 Å². The first-order valence-electron chi connectivity index (χ1n) is 8.90. The Morgan fingerprint density at radius 2 is 1.69 bits per heavy atom. The number of esters is 1. The molecule has 150 valence electrons. The molecule has 1 N–H and O–H groups in total. The maximum atomic E-state index is 12.5. The lowest BCUT2D eigenvalue weighted by Crippen LogP contribution is -2.34. The summed E-state index contributed by atoms with van der Waals surface area (Å²) in [7, 11) is 0. The average molecular weight is 397 g/mol. The highest BCUT2D eigenvalue weighted by molar-refractivity contribution is 5.98. The topological polar surface area (TPSA) is 104 Å². The number of amides is 2. The Hall–Kier alpha value is -3.81. The molecule has 0 unspecified atom stereocenters. The molecule has 29 heavy (non-hydrogen) atoms. The van der Waals surface area contributed by atoms with Crippen LogP contribution in [0.25, 0.3) is 11.0 Å². The van der Waals surface area contributed by atoms with Gasteiger partial charge in [0.05, 0.1) is 12.2 Å². The highest BCUT2D eigenvalue weighted by Gasteiger charge is 2.23. The van der Waals surface area contributed by atoms with E-state index in [0.717, 1.165) is 0 Å². The highest BCUT2D eigenvalue weighted by atomic mass is 16.6. The molecule has 2 amide bonds. The lowest BCUT2D eigenvalue weighted by molar-refractivity contribution is -0.123. The molecule has 0 radical (unpaired) electrons. The van der Waals surface area contributed by atoms with Crippen molar-refractivity contribution in [2.24, 2.45) is 0 Å². The number of rotatable bonds is 7. The van der Waals surface area contributed by atoms with Gasteiger partial charge in [0.1, 0.15) is 17.9 Å². The Morgan fingerprint density at radius 1 is 0.966 bits per heavy atom. The van der Waals surface area contributed by atoms with Crippen LogP contribution in [0.2, 0.25) is 0 Å². The minimum absolute atomic E-state index is 0.0638. The standard InChI is InChI=1S/C21H19NO7/c1-2-26-21(25)22-18(23)13-28-20(24)19-16(12-27-14-8-4-3-5-9-14)15-10-6-7-11-17(15)29-19/h3-11H,2,12-13H2,1H3,(H,22,23,25). The molecule has 0 saturated heterocycles. The van der Waals surface area contributed by atoms with E-state index in [1.165, 1.54) is 0 Å². The first-order valence-corrected chi connectivity index (χ1v) is 8.90. The van der Waals surface area contributed by atoms with Gasteiger partial charge in [-0.05, 0) is 25.1 Å². The zero-order valence-electron chi connectivity index (χ0n) is 15.7. The fourth-order valence-corrected chi connectivity index (χ4v) is 2.59. The van der Waals surface area contributed by atoms with Crippen molar-refractivity contribution in [1.29, 1.82) is 0 Å². The Kier molecular flexibility index (Phi) is 6.47. The monoisotopic (exact) mass is 397 g/mol. The summed E-state index contributed by atoms with van der Waals surface area (Å²) in [6.07, 6.45) is -0.908. The highest BCUT2D eigenvalue weighted by Crippen LogP contribution is 2.28. The van der Waals surface area contributed by atoms with Crippen LogP contribution in [0.4, 0.5) is 4.79 Å². The van der Waals surface area contributed by atoms with Crippen molar-refractivity contribution in [3.05, 3.63) is 65.9 Å². The van der Waals surface area contributed by atoms with E-state index in [0.29, 0.717) is 22.3 Å². The van der Waals surface area contributed by atoms with Gasteiger partial charge in [0.2, 0.25) is 5.76 Å². The number of alkyl carbamates (subject to hydrolysis) is 1. The minimum atomic E-state index is -0.908. The summed E-state index contributed by atoms with van der Waals surface area (Å²) in [6.45, 7) is 1.13. The third-order valence-electron chi connectivity index (χ3n) is 3.86. The van der Waals surface area contributed by atoms with Gasteiger partial charge in [-0.2, -0.15) is 0 Å². The Balaban J connectivity index is 1.73. The predicted octanol–water partition coefficient (Wildman–Crippen LogP) is 3.44. The third-order valence-corrected chi connectivity index (χ3v) is 3.86. The van der Waals surface area contributed by atoms with Gasteiger partial charge in [0.15, 0.2) is 6.61 Å². The largest absolute Gasteiger partial charge is 0.489 e. The molecular weight excluding hydrogens is 378 g/mol. The van der Waals surface area contributed by atoms with Gasteiger partial charge < -0.3 is 18.6 Å². The molecule has 2 aromatic carbocycles. The molecule has 0 atom stereocenters. The van der Waals surface area contributed by atoms with Crippen LogP contribution in [-0.4, -0.2) is 31.2 Å². The number of carbonyl (C=O) groups is 3. The van der Waals surface area contributed by atoms with Gasteiger partial charge in [0, 0.05) is 5.39 Å². The molecule has 0 aliphatic heterocycles. The van der Waals surface area contributed by atoms with Crippen LogP contribution in [0.5, 0.6) is 5.75 Å². The summed E-state index contributed by atoms with van der Waals surface area (Å²) >= 11 is 0. The first-order chi connectivity index (χ1) is 14.1. The number of nitrogens with one attached hydrogen (secondary N) is 1. The zero-order valence-corrected chi connectivity index (χ0v) is 15.7. The SMILES string of the molecule is CCOC(=O)NC(=O)COC(=O)c1oc2ccccc2c1COc1ccccc1. The molecule has 0 saturated carbocycles. The van der Waals surface area contributed by atoms with Gasteiger partial charge in [-0.1, -0.05) is 36.4 Å². The van der Waals surface area contributed by atoms with Crippen LogP contribution in [0.1, 0.15) is 23.0 Å². The minimum Gasteiger partial charge on any atom is -0.489 e. The first kappa shape index (κ1) is 19.9. The summed E-state index contributed by atoms with van der Waals surface area (Å²) in [6, 6.07) is 16.2. The van der Waals surface area contributed by atoms with E-state index in [-0.39, 0.29) is 19.0 Å². The molecular formula is C21H19NO7. The Bertz CT molecular complexity index is 1010. The molecule has 0 fully saturated rings. The van der Waals surface area contributed by atoms with Crippen LogP contribution >= 0.6 is 0 Å². The predicted molar refractivity (Wildman–Crippen MR) is 102 cm³/mol. The number of carbonyl (C=O) groups excluding carboxylic acids is 3. The van der Waals surface area contributed by atoms with Gasteiger partial charge in [-0.15, -0.1) is 0 Å². The number of furan rings is 1. The second-order valence-corrected chi connectivity index (χ2v) is 5.85. The smallest absolute Gasteiger partial charge is 0.413 e. The summed E-state index contributed by atoms with van der Waals surface area (Å²) in [5.74, 6) is -1.08. The second-order valence-electron chi connectivity index (χ2n) is 5.85. The van der Waals surface area contributed by atoms with E-state index in [4.69, 9.17) is 13.9 Å². The second kappa shape index (κ2) is 9.41. The van der Waals surface area contributed by atoms with Crippen molar-refractivity contribution >= 4 is 28.9 Å². The number of hydrogen-bond acceptors (Lipinski definition) is 7. The number of benzene rings is 2. The van der Waals surface area contributed by atoms with Crippen LogP contribution in [0.15, 0.2) is 59.0 Å². The van der Waals surface area contributed by atoms with Crippen molar-refractivity contribution in [1.82, 2.24) is 5.32 Å². The fourth-order valence-electron chi connectivity index (χ4n) is 2.59. The molecule has 8 nitrogen and oxygen atoms in total. The molecule has 3 aromatic rings. The number of para-hydroxylation sites is 2. The van der Waals surface area contributed by atoms with Crippen molar-refractivity contribution in [3.8, 4) is 5.75 Å². The van der Waals surface area contributed by atoms with Crippen LogP contribution in [0.3, 0.4) is 0 Å². The molecule has 8 heteroatoms. The maximum absolute atomic E-state index is 12.5. The van der Waals surface area contributed by atoms with Gasteiger partial charge in [-0.3, -0.25) is 10.1 Å². The number of ether oxygens (including phenoxy) is 3. The summed E-state index contributed by atoms with van der Waals surface area (Å²) in [5, 5.41) is 2.64. The average Bonchev–Trinajstić information content (AvgIpc) is 3.10. The third kappa shape index (κ3) is 5.13. The lowest BCUT2D eigenvalue weighted by atomic mass is 10.1. The molecule has 0 spiro atoms. The van der Waals surface area contributed by atoms with Crippen molar-refractivity contribution in [3.63, 3.8) is 0 Å². The Labute approximate surface area is 166 Å². The normalized spacial score (nSPS) is 10.4. The van der Waals surface area contributed by atoms with E-state index in [1.54, 1.807) is 37.3 Å². The van der Waals surface area contributed by atoms with Crippen molar-refractivity contribution < 1.29 is 33.0 Å². The number of fused-ring (bicyclic) bond motifs is 1. The summed E-state index contributed by atoms with van der Waals surface area (Å²) < 4.78 is 20.9. The molecule has 0 aliphatic carbocycles. The van der Waals surface area contributed by atoms with Crippen molar-refractivity contribution in [2.45, 2.75) is 13.5 Å². The van der Waals surface area contributed by atoms with Crippen LogP contribution in [0, 0.1) is 0 Å². The fraction of sp³-hybridized carbons (Fsp3) is 0.190. The van der Waals surface area contributed by atoms with Crippen LogP contribution < -0.4 is 10.1 Å². The zero-order chi connectivity index (χ0) is 20.6. The number of imide groups is 1. The molecule has 0 aliphatic rings. The van der Waals surface area contributed by atoms with Gasteiger partial charge in [0.25, 0.3) is 5.91 Å². The Morgan fingerprint density at radius 3 is 2.45 bits per heavy atom. The lowest BCUT2D eigenvalue weighted by Gasteiger charge is -2.07. The van der Waals surface area contributed by atoms with E-state index in [1.807, 2.05) is 29.6 Å². The molecule has 3 rings (SSSR count). The van der Waals surface area contributed by atoms with Crippen LogP contribution in [-0.2, 0) is 20.9 Å². The van der Waals surface area contributed by atoms with E-state index < -0.39 is 24.6 Å². The maximum Gasteiger partial charge on any atom is 0.413 e. The van der Waals surface area contributed by atoms with E-state index >= 15 is 0 Å². The summed E-state index contributed by atoms with van der Waals surface area (Å²) in [4.78, 5) is 35.4. The van der Waals surface area contributed by atoms with Crippen molar-refractivity contribution in [2.75, 3.05) is 13.2 Å². The summed E-state index contributed by atoms with van der Waals surface area (Å²) in [5.41, 5.74) is 0.988.